The first kappa shape index (κ1) is 19.2. The normalized spacial score (nSPS) is 17.3. The third-order valence-corrected chi connectivity index (χ3v) is 4.93. The van der Waals surface area contributed by atoms with Crippen molar-refractivity contribution in [2.45, 2.75) is 19.5 Å². The Labute approximate surface area is 160 Å². The van der Waals surface area contributed by atoms with Crippen LogP contribution in [0.5, 0.6) is 0 Å². The van der Waals surface area contributed by atoms with Gasteiger partial charge in [0.15, 0.2) is 5.96 Å². The van der Waals surface area contributed by atoms with Crippen LogP contribution in [0.15, 0.2) is 58.4 Å². The van der Waals surface area contributed by atoms with Gasteiger partial charge in [0.2, 0.25) is 0 Å². The van der Waals surface area contributed by atoms with Gasteiger partial charge < -0.3 is 19.5 Å². The topological polar surface area (TPSA) is 58.9 Å². The van der Waals surface area contributed by atoms with Crippen molar-refractivity contribution in [1.29, 1.82) is 0 Å². The number of methoxy groups -OCH3 is 1. The van der Waals surface area contributed by atoms with Gasteiger partial charge in [-0.15, -0.1) is 0 Å². The number of pyridine rings is 1. The smallest absolute Gasteiger partial charge is 0.250 e. The second-order valence-electron chi connectivity index (χ2n) is 6.94. The summed E-state index contributed by atoms with van der Waals surface area (Å²) < 4.78 is 6.98. The van der Waals surface area contributed by atoms with Gasteiger partial charge in [-0.2, -0.15) is 0 Å². The molecule has 144 valence electrons. The molecule has 1 aromatic carbocycles. The van der Waals surface area contributed by atoms with Gasteiger partial charge in [-0.25, -0.2) is 0 Å². The monoisotopic (exact) mass is 368 g/mol. The minimum Gasteiger partial charge on any atom is -0.384 e. The number of aromatic nitrogens is 1. The number of guanidine groups is 1. The number of ether oxygens (including phenoxy) is 1. The van der Waals surface area contributed by atoms with Crippen LogP contribution in [-0.2, 0) is 17.8 Å². The number of aliphatic imine (C=N–C) groups is 1. The first-order valence-corrected chi connectivity index (χ1v) is 9.37. The molecule has 1 unspecified atom stereocenters. The van der Waals surface area contributed by atoms with E-state index < -0.39 is 0 Å². The van der Waals surface area contributed by atoms with Crippen molar-refractivity contribution < 1.29 is 4.74 Å². The predicted octanol–water partition coefficient (Wildman–Crippen LogP) is 1.94. The Hall–Kier alpha value is -2.60. The van der Waals surface area contributed by atoms with Crippen LogP contribution in [0.3, 0.4) is 0 Å². The van der Waals surface area contributed by atoms with Crippen LogP contribution in [0.4, 0.5) is 0 Å². The van der Waals surface area contributed by atoms with E-state index >= 15 is 0 Å². The molecule has 0 radical (unpaired) electrons. The van der Waals surface area contributed by atoms with Crippen LogP contribution in [-0.4, -0.2) is 49.3 Å². The Balaban J connectivity index is 1.54. The molecule has 1 N–H and O–H groups in total. The molecule has 0 bridgehead atoms. The molecule has 0 amide bonds. The summed E-state index contributed by atoms with van der Waals surface area (Å²) in [6.07, 6.45) is 2.96. The molecule has 1 atom stereocenters. The number of nitrogens with zero attached hydrogens (tertiary/aromatic N) is 3. The summed E-state index contributed by atoms with van der Waals surface area (Å²) in [5.74, 6) is 1.52. The van der Waals surface area contributed by atoms with Crippen LogP contribution in [0.25, 0.3) is 0 Å². The average Bonchev–Trinajstić information content (AvgIpc) is 3.14. The lowest BCUT2D eigenvalue weighted by Crippen LogP contribution is -2.39. The van der Waals surface area contributed by atoms with Gasteiger partial charge in [-0.05, 0) is 23.6 Å². The lowest BCUT2D eigenvalue weighted by Gasteiger charge is -2.21. The van der Waals surface area contributed by atoms with Gasteiger partial charge in [0.05, 0.1) is 13.2 Å². The highest BCUT2D eigenvalue weighted by molar-refractivity contribution is 5.80. The summed E-state index contributed by atoms with van der Waals surface area (Å²) in [7, 11) is 3.58. The van der Waals surface area contributed by atoms with Gasteiger partial charge in [0.1, 0.15) is 0 Å². The summed E-state index contributed by atoms with van der Waals surface area (Å²) in [4.78, 5) is 18.5. The molecule has 1 aromatic heterocycles. The predicted molar refractivity (Wildman–Crippen MR) is 108 cm³/mol. The summed E-state index contributed by atoms with van der Waals surface area (Å²) >= 11 is 0. The highest BCUT2D eigenvalue weighted by Crippen LogP contribution is 2.16. The quantitative estimate of drug-likeness (QED) is 0.625. The van der Waals surface area contributed by atoms with Crippen molar-refractivity contribution in [2.24, 2.45) is 10.9 Å². The van der Waals surface area contributed by atoms with Crippen LogP contribution in [0.1, 0.15) is 17.5 Å². The van der Waals surface area contributed by atoms with E-state index in [4.69, 9.17) is 4.74 Å². The molecule has 2 heterocycles. The van der Waals surface area contributed by atoms with Crippen molar-refractivity contribution >= 4 is 5.96 Å². The Morgan fingerprint density at radius 3 is 2.70 bits per heavy atom. The Kier molecular flexibility index (Phi) is 6.65. The lowest BCUT2D eigenvalue weighted by molar-refractivity contribution is 0.157. The molecule has 1 saturated heterocycles. The van der Waals surface area contributed by atoms with Crippen LogP contribution >= 0.6 is 0 Å². The highest BCUT2D eigenvalue weighted by Gasteiger charge is 2.24. The highest BCUT2D eigenvalue weighted by atomic mass is 16.5. The Bertz CT molecular complexity index is 813. The van der Waals surface area contributed by atoms with Crippen molar-refractivity contribution in [3.63, 3.8) is 0 Å². The van der Waals surface area contributed by atoms with Gasteiger partial charge in [-0.1, -0.05) is 30.3 Å². The molecule has 1 aliphatic rings. The number of rotatable bonds is 6. The van der Waals surface area contributed by atoms with Crippen molar-refractivity contribution in [3.05, 3.63) is 70.1 Å². The Morgan fingerprint density at radius 1 is 1.22 bits per heavy atom. The summed E-state index contributed by atoms with van der Waals surface area (Å²) in [6, 6.07) is 13.6. The zero-order valence-electron chi connectivity index (χ0n) is 16.1. The molecule has 3 rings (SSSR count). The first-order valence-electron chi connectivity index (χ1n) is 9.37. The molecule has 1 aliphatic heterocycles. The fraction of sp³-hybridized carbons (Fsp3) is 0.429. The minimum absolute atomic E-state index is 0.0180. The molecule has 27 heavy (non-hydrogen) atoms. The van der Waals surface area contributed by atoms with E-state index in [0.29, 0.717) is 12.5 Å². The third-order valence-electron chi connectivity index (χ3n) is 4.93. The van der Waals surface area contributed by atoms with Gasteiger partial charge >= 0.3 is 0 Å². The number of likely N-dealkylation sites (tertiary alicyclic amines) is 1. The average molecular weight is 368 g/mol. The fourth-order valence-corrected chi connectivity index (χ4v) is 3.46. The molecule has 6 heteroatoms. The maximum Gasteiger partial charge on any atom is 0.250 e. The number of hydrogen-bond donors (Lipinski definition) is 1. The summed E-state index contributed by atoms with van der Waals surface area (Å²) in [5.41, 5.74) is 2.32. The molecule has 2 aromatic rings. The maximum absolute atomic E-state index is 11.8. The molecule has 0 aliphatic carbocycles. The van der Waals surface area contributed by atoms with E-state index in [1.807, 2.05) is 19.3 Å². The van der Waals surface area contributed by atoms with Gasteiger partial charge in [0.25, 0.3) is 5.56 Å². The minimum atomic E-state index is 0.0180. The van der Waals surface area contributed by atoms with Crippen LogP contribution in [0, 0.1) is 5.92 Å². The first-order chi connectivity index (χ1) is 13.2. The van der Waals surface area contributed by atoms with E-state index in [1.165, 1.54) is 5.56 Å². The van der Waals surface area contributed by atoms with Crippen molar-refractivity contribution in [1.82, 2.24) is 14.8 Å². The molecular formula is C21H28N4O2. The number of hydrogen-bond acceptors (Lipinski definition) is 3. The number of nitrogens with one attached hydrogen (secondary N) is 1. The van der Waals surface area contributed by atoms with Gasteiger partial charge in [-0.3, -0.25) is 9.79 Å². The van der Waals surface area contributed by atoms with E-state index in [0.717, 1.165) is 44.2 Å². The Morgan fingerprint density at radius 2 is 2.00 bits per heavy atom. The van der Waals surface area contributed by atoms with E-state index in [9.17, 15) is 4.79 Å². The zero-order chi connectivity index (χ0) is 19.1. The maximum atomic E-state index is 11.8. The molecule has 0 spiro atoms. The molecular weight excluding hydrogens is 340 g/mol. The standard InChI is InChI=1S/C21H28N4O2/c1-22-21(25-12-10-19(15-25)16-27-2)23-13-17-6-8-18(9-7-17)14-24-11-4-3-5-20(24)26/h3-9,11,19H,10,12-16H2,1-2H3,(H,22,23). The largest absolute Gasteiger partial charge is 0.384 e. The zero-order valence-corrected chi connectivity index (χ0v) is 16.1. The summed E-state index contributed by atoms with van der Waals surface area (Å²) in [5, 5.41) is 3.45. The number of benzene rings is 1. The second kappa shape index (κ2) is 9.37. The van der Waals surface area contributed by atoms with Crippen molar-refractivity contribution in [2.75, 3.05) is 33.9 Å². The van der Waals surface area contributed by atoms with E-state index in [-0.39, 0.29) is 5.56 Å². The lowest BCUT2D eigenvalue weighted by atomic mass is 10.1. The SMILES string of the molecule is CN=C(NCc1ccc(Cn2ccccc2=O)cc1)N1CCC(COC)C1. The third kappa shape index (κ3) is 5.20. The summed E-state index contributed by atoms with van der Waals surface area (Å²) in [6.45, 7) is 4.11. The molecule has 6 nitrogen and oxygen atoms in total. The second-order valence-corrected chi connectivity index (χ2v) is 6.94. The molecule has 0 saturated carbocycles. The molecule has 1 fully saturated rings. The van der Waals surface area contributed by atoms with E-state index in [1.54, 1.807) is 23.8 Å². The van der Waals surface area contributed by atoms with Crippen LogP contribution < -0.4 is 10.9 Å². The fourth-order valence-electron chi connectivity index (χ4n) is 3.46. The van der Waals surface area contributed by atoms with E-state index in [2.05, 4.69) is 39.5 Å². The van der Waals surface area contributed by atoms with Gasteiger partial charge in [0, 0.05) is 52.0 Å². The van der Waals surface area contributed by atoms with Crippen LogP contribution in [0.2, 0.25) is 0 Å². The van der Waals surface area contributed by atoms with Crippen molar-refractivity contribution in [3.8, 4) is 0 Å².